The van der Waals surface area contributed by atoms with Crippen LogP contribution in [0.3, 0.4) is 0 Å². The Balaban J connectivity index is 1.40. The van der Waals surface area contributed by atoms with Gasteiger partial charge in [0.25, 0.3) is 5.91 Å². The average Bonchev–Trinajstić information content (AvgIpc) is 3.00. The van der Waals surface area contributed by atoms with Gasteiger partial charge in [0, 0.05) is 37.7 Å². The number of amides is 2. The Bertz CT molecular complexity index is 879. The van der Waals surface area contributed by atoms with Crippen molar-refractivity contribution < 1.29 is 9.59 Å². The van der Waals surface area contributed by atoms with Gasteiger partial charge in [0.2, 0.25) is 5.91 Å². The van der Waals surface area contributed by atoms with Crippen molar-refractivity contribution in [3.63, 3.8) is 0 Å². The maximum Gasteiger partial charge on any atom is 0.251 e. The van der Waals surface area contributed by atoms with E-state index in [9.17, 15) is 9.59 Å². The lowest BCUT2D eigenvalue weighted by Gasteiger charge is -2.37. The molecular formula is C22H24ClN3O2. The Hall–Kier alpha value is -2.21. The van der Waals surface area contributed by atoms with Crippen LogP contribution in [0.15, 0.2) is 48.5 Å². The summed E-state index contributed by atoms with van der Waals surface area (Å²) in [6, 6.07) is 15.4. The monoisotopic (exact) mass is 397 g/mol. The molecule has 4 rings (SSSR count). The fourth-order valence-corrected chi connectivity index (χ4v) is 4.14. The molecule has 2 aliphatic rings. The van der Waals surface area contributed by atoms with Gasteiger partial charge in [0.1, 0.15) is 0 Å². The summed E-state index contributed by atoms with van der Waals surface area (Å²) in [4.78, 5) is 31.4. The standard InChI is InChI=1S/C22H24ClN3O2/c1-16-7-8-18(13-19(16)23)26-21(27)14-20(22(26)28)25-11-9-24(10-12-25)15-17-5-3-2-4-6-17/h2-8,13,20H,9-12,14-15H2,1H3/t20-/m0/s1. The van der Waals surface area contributed by atoms with E-state index in [4.69, 9.17) is 11.6 Å². The predicted octanol–water partition coefficient (Wildman–Crippen LogP) is 3.10. The Morgan fingerprint density at radius 2 is 1.71 bits per heavy atom. The van der Waals surface area contributed by atoms with Gasteiger partial charge in [-0.25, -0.2) is 4.90 Å². The van der Waals surface area contributed by atoms with E-state index in [0.29, 0.717) is 10.7 Å². The number of aryl methyl sites for hydroxylation is 1. The maximum atomic E-state index is 13.0. The zero-order chi connectivity index (χ0) is 19.7. The molecule has 2 aromatic rings. The van der Waals surface area contributed by atoms with Gasteiger partial charge in [-0.05, 0) is 30.2 Å². The number of rotatable bonds is 4. The molecule has 0 aliphatic carbocycles. The summed E-state index contributed by atoms with van der Waals surface area (Å²) in [7, 11) is 0. The second-order valence-electron chi connectivity index (χ2n) is 7.52. The number of anilines is 1. The first-order valence-electron chi connectivity index (χ1n) is 9.66. The fraction of sp³-hybridized carbons (Fsp3) is 0.364. The van der Waals surface area contributed by atoms with Crippen molar-refractivity contribution in [1.29, 1.82) is 0 Å². The van der Waals surface area contributed by atoms with Crippen LogP contribution < -0.4 is 4.90 Å². The molecule has 0 saturated carbocycles. The van der Waals surface area contributed by atoms with Gasteiger partial charge >= 0.3 is 0 Å². The third-order valence-electron chi connectivity index (χ3n) is 5.63. The number of carbonyl (C=O) groups is 2. The minimum atomic E-state index is -0.369. The lowest BCUT2D eigenvalue weighted by Crippen LogP contribution is -2.52. The molecule has 2 amide bonds. The summed E-state index contributed by atoms with van der Waals surface area (Å²) in [6.45, 7) is 6.18. The highest BCUT2D eigenvalue weighted by molar-refractivity contribution is 6.32. The fourth-order valence-electron chi connectivity index (χ4n) is 3.97. The van der Waals surface area contributed by atoms with Crippen molar-refractivity contribution in [2.24, 2.45) is 0 Å². The molecule has 2 heterocycles. The molecule has 146 valence electrons. The lowest BCUT2D eigenvalue weighted by molar-refractivity contribution is -0.123. The zero-order valence-electron chi connectivity index (χ0n) is 16.0. The second kappa shape index (κ2) is 8.03. The van der Waals surface area contributed by atoms with E-state index in [0.717, 1.165) is 38.3 Å². The van der Waals surface area contributed by atoms with Crippen LogP contribution in [-0.4, -0.2) is 53.8 Å². The van der Waals surface area contributed by atoms with Crippen molar-refractivity contribution in [2.45, 2.75) is 25.9 Å². The van der Waals surface area contributed by atoms with E-state index in [2.05, 4.69) is 34.1 Å². The Labute approximate surface area is 170 Å². The second-order valence-corrected chi connectivity index (χ2v) is 7.93. The first-order chi connectivity index (χ1) is 13.5. The van der Waals surface area contributed by atoms with Crippen LogP contribution in [0, 0.1) is 6.92 Å². The molecule has 2 aliphatic heterocycles. The van der Waals surface area contributed by atoms with Crippen molar-refractivity contribution in [2.75, 3.05) is 31.1 Å². The Morgan fingerprint density at radius 3 is 2.39 bits per heavy atom. The van der Waals surface area contributed by atoms with E-state index in [1.165, 1.54) is 10.5 Å². The van der Waals surface area contributed by atoms with Crippen molar-refractivity contribution >= 4 is 29.1 Å². The van der Waals surface area contributed by atoms with E-state index in [1.807, 2.05) is 19.1 Å². The number of hydrogen-bond acceptors (Lipinski definition) is 4. The largest absolute Gasteiger partial charge is 0.297 e. The molecule has 2 fully saturated rings. The number of halogens is 1. The minimum Gasteiger partial charge on any atom is -0.297 e. The van der Waals surface area contributed by atoms with Gasteiger partial charge in [-0.3, -0.25) is 19.4 Å². The lowest BCUT2D eigenvalue weighted by atomic mass is 10.1. The Morgan fingerprint density at radius 1 is 1.00 bits per heavy atom. The molecular weight excluding hydrogens is 374 g/mol. The van der Waals surface area contributed by atoms with E-state index in [-0.39, 0.29) is 24.3 Å². The van der Waals surface area contributed by atoms with Crippen LogP contribution in [0.1, 0.15) is 17.5 Å². The molecule has 5 nitrogen and oxygen atoms in total. The van der Waals surface area contributed by atoms with Crippen molar-refractivity contribution in [3.05, 3.63) is 64.7 Å². The first-order valence-corrected chi connectivity index (χ1v) is 10.0. The highest BCUT2D eigenvalue weighted by Gasteiger charge is 2.43. The summed E-state index contributed by atoms with van der Waals surface area (Å²) < 4.78 is 0. The minimum absolute atomic E-state index is 0.138. The smallest absolute Gasteiger partial charge is 0.251 e. The number of benzene rings is 2. The maximum absolute atomic E-state index is 13.0. The van der Waals surface area contributed by atoms with Gasteiger partial charge in [-0.2, -0.15) is 0 Å². The molecule has 0 bridgehead atoms. The molecule has 28 heavy (non-hydrogen) atoms. The zero-order valence-corrected chi connectivity index (χ0v) is 16.7. The van der Waals surface area contributed by atoms with Crippen molar-refractivity contribution in [1.82, 2.24) is 9.80 Å². The van der Waals surface area contributed by atoms with Crippen LogP contribution in [-0.2, 0) is 16.1 Å². The third-order valence-corrected chi connectivity index (χ3v) is 6.04. The quantitative estimate of drug-likeness (QED) is 0.743. The summed E-state index contributed by atoms with van der Waals surface area (Å²) >= 11 is 6.19. The average molecular weight is 398 g/mol. The topological polar surface area (TPSA) is 43.9 Å². The van der Waals surface area contributed by atoms with Gasteiger partial charge < -0.3 is 0 Å². The van der Waals surface area contributed by atoms with Gasteiger partial charge in [0.15, 0.2) is 0 Å². The van der Waals surface area contributed by atoms with Crippen LogP contribution in [0.2, 0.25) is 5.02 Å². The Kier molecular flexibility index (Phi) is 5.49. The van der Waals surface area contributed by atoms with Crippen LogP contribution in [0.25, 0.3) is 0 Å². The summed E-state index contributed by atoms with van der Waals surface area (Å²) in [5.74, 6) is -0.289. The van der Waals surface area contributed by atoms with Gasteiger partial charge in [-0.1, -0.05) is 48.0 Å². The molecule has 0 spiro atoms. The van der Waals surface area contributed by atoms with Crippen LogP contribution >= 0.6 is 11.6 Å². The third kappa shape index (κ3) is 3.83. The van der Waals surface area contributed by atoms with Crippen molar-refractivity contribution in [3.8, 4) is 0 Å². The number of hydrogen-bond donors (Lipinski definition) is 0. The number of nitrogens with zero attached hydrogens (tertiary/aromatic N) is 3. The van der Waals surface area contributed by atoms with Crippen LogP contribution in [0.5, 0.6) is 0 Å². The first kappa shape index (κ1) is 19.1. The van der Waals surface area contributed by atoms with Gasteiger partial charge in [0.05, 0.1) is 18.2 Å². The molecule has 2 saturated heterocycles. The summed E-state index contributed by atoms with van der Waals surface area (Å²) in [6.07, 6.45) is 0.239. The molecule has 0 radical (unpaired) electrons. The normalized spacial score (nSPS) is 21.5. The summed E-state index contributed by atoms with van der Waals surface area (Å²) in [5.41, 5.74) is 2.79. The predicted molar refractivity (Wildman–Crippen MR) is 110 cm³/mol. The molecule has 0 N–H and O–H groups in total. The van der Waals surface area contributed by atoms with Crippen LogP contribution in [0.4, 0.5) is 5.69 Å². The number of imide groups is 1. The number of carbonyl (C=O) groups excluding carboxylic acids is 2. The SMILES string of the molecule is Cc1ccc(N2C(=O)C[C@H](N3CCN(Cc4ccccc4)CC3)C2=O)cc1Cl. The highest BCUT2D eigenvalue weighted by Crippen LogP contribution is 2.29. The molecule has 0 aromatic heterocycles. The van der Waals surface area contributed by atoms with Gasteiger partial charge in [-0.15, -0.1) is 0 Å². The highest BCUT2D eigenvalue weighted by atomic mass is 35.5. The van der Waals surface area contributed by atoms with E-state index >= 15 is 0 Å². The van der Waals surface area contributed by atoms with E-state index in [1.54, 1.807) is 12.1 Å². The van der Waals surface area contributed by atoms with E-state index < -0.39 is 0 Å². The number of piperazine rings is 1. The molecule has 1 atom stereocenters. The molecule has 0 unspecified atom stereocenters. The molecule has 6 heteroatoms. The molecule has 2 aromatic carbocycles. The summed E-state index contributed by atoms with van der Waals surface area (Å²) in [5, 5.41) is 0.566.